The first-order valence-electron chi connectivity index (χ1n) is 12.1. The second-order valence-corrected chi connectivity index (χ2v) is 8.38. The number of hydrogen-bond donors (Lipinski definition) is 1. The molecule has 0 aliphatic heterocycles. The maximum atomic E-state index is 15.3. The molecule has 0 radical (unpaired) electrons. The van der Waals surface area contributed by atoms with Crippen molar-refractivity contribution in [3.8, 4) is 11.8 Å². The third-order valence-electron chi connectivity index (χ3n) is 5.23. The minimum atomic E-state index is -1.18. The van der Waals surface area contributed by atoms with E-state index in [9.17, 15) is 14.4 Å². The molecule has 34 heavy (non-hydrogen) atoms. The minimum absolute atomic E-state index is 0.0555. The molecule has 0 spiro atoms. The van der Waals surface area contributed by atoms with Crippen LogP contribution < -0.4 is 5.32 Å². The fourth-order valence-electron chi connectivity index (χ4n) is 3.59. The molecule has 1 rings (SSSR count). The van der Waals surface area contributed by atoms with Crippen molar-refractivity contribution in [3.63, 3.8) is 0 Å². The van der Waals surface area contributed by atoms with Gasteiger partial charge in [-0.05, 0) is 12.5 Å². The van der Waals surface area contributed by atoms with Crippen molar-refractivity contribution in [1.82, 2.24) is 5.32 Å². The second kappa shape index (κ2) is 16.7. The van der Waals surface area contributed by atoms with Gasteiger partial charge in [0.2, 0.25) is 5.91 Å². The van der Waals surface area contributed by atoms with Crippen molar-refractivity contribution < 1.29 is 28.2 Å². The van der Waals surface area contributed by atoms with Crippen molar-refractivity contribution in [2.75, 3.05) is 6.61 Å². The molecule has 0 saturated carbocycles. The Morgan fingerprint density at radius 3 is 2.21 bits per heavy atom. The fraction of sp³-hybridized carbons (Fsp3) is 0.593. The predicted molar refractivity (Wildman–Crippen MR) is 129 cm³/mol. The lowest BCUT2D eigenvalue weighted by Gasteiger charge is -2.27. The van der Waals surface area contributed by atoms with E-state index >= 15 is 4.39 Å². The summed E-state index contributed by atoms with van der Waals surface area (Å²) in [6, 6.07) is 3.69. The van der Waals surface area contributed by atoms with Crippen LogP contribution in [0, 0.1) is 17.7 Å². The summed E-state index contributed by atoms with van der Waals surface area (Å²) in [5.41, 5.74) is 0.239. The molecule has 1 aromatic carbocycles. The number of unbranched alkanes of at least 4 members (excludes halogenated alkanes) is 8. The first-order valence-corrected chi connectivity index (χ1v) is 12.1. The van der Waals surface area contributed by atoms with Gasteiger partial charge >= 0.3 is 11.9 Å². The fourth-order valence-corrected chi connectivity index (χ4v) is 3.59. The van der Waals surface area contributed by atoms with E-state index in [1.54, 1.807) is 12.1 Å². The van der Waals surface area contributed by atoms with E-state index in [0.717, 1.165) is 12.8 Å². The van der Waals surface area contributed by atoms with Gasteiger partial charge in [0.15, 0.2) is 6.10 Å². The lowest BCUT2D eigenvalue weighted by atomic mass is 9.99. The highest BCUT2D eigenvalue weighted by Crippen LogP contribution is 2.27. The third-order valence-corrected chi connectivity index (χ3v) is 5.23. The Labute approximate surface area is 203 Å². The molecule has 1 aromatic rings. The van der Waals surface area contributed by atoms with Crippen LogP contribution in [0.4, 0.5) is 4.39 Å². The Hall–Kier alpha value is -2.88. The number of rotatable bonds is 14. The zero-order valence-electron chi connectivity index (χ0n) is 20.9. The largest absolute Gasteiger partial charge is 0.464 e. The lowest BCUT2D eigenvalue weighted by molar-refractivity contribution is -0.152. The van der Waals surface area contributed by atoms with E-state index in [1.807, 2.05) is 0 Å². The molecule has 7 heteroatoms. The van der Waals surface area contributed by atoms with Crippen molar-refractivity contribution in [3.05, 3.63) is 35.1 Å². The van der Waals surface area contributed by atoms with E-state index in [4.69, 9.17) is 9.47 Å². The zero-order valence-corrected chi connectivity index (χ0v) is 20.9. The smallest absolute Gasteiger partial charge is 0.303 e. The van der Waals surface area contributed by atoms with E-state index in [-0.39, 0.29) is 17.7 Å². The Kier molecular flexibility index (Phi) is 14.3. The molecule has 0 saturated heterocycles. The first-order chi connectivity index (χ1) is 16.3. The normalized spacial score (nSPS) is 12.1. The summed E-state index contributed by atoms with van der Waals surface area (Å²) in [4.78, 5) is 34.7. The molecule has 1 N–H and O–H groups in total. The SMILES string of the molecule is CCCCCCCCCCC#Cc1cccc(C(OC(C)=O)C(COC(C)=O)NC(C)=O)c1F. The topological polar surface area (TPSA) is 81.7 Å². The van der Waals surface area contributed by atoms with Gasteiger partial charge in [0.05, 0.1) is 5.56 Å². The number of carbonyl (C=O) groups excluding carboxylic acids is 3. The number of hydrogen-bond acceptors (Lipinski definition) is 5. The number of esters is 2. The maximum Gasteiger partial charge on any atom is 0.303 e. The van der Waals surface area contributed by atoms with Gasteiger partial charge in [-0.15, -0.1) is 0 Å². The van der Waals surface area contributed by atoms with Crippen LogP contribution in [-0.2, 0) is 23.9 Å². The number of halogens is 1. The number of benzene rings is 1. The maximum absolute atomic E-state index is 15.3. The van der Waals surface area contributed by atoms with Crippen LogP contribution in [0.2, 0.25) is 0 Å². The average Bonchev–Trinajstić information content (AvgIpc) is 2.77. The molecule has 0 aromatic heterocycles. The Balaban J connectivity index is 2.90. The van der Waals surface area contributed by atoms with Crippen LogP contribution in [0.1, 0.15) is 103 Å². The van der Waals surface area contributed by atoms with E-state index in [0.29, 0.717) is 6.42 Å². The van der Waals surface area contributed by atoms with E-state index in [2.05, 4.69) is 24.1 Å². The monoisotopic (exact) mass is 475 g/mol. The third kappa shape index (κ3) is 11.8. The Morgan fingerprint density at radius 2 is 1.62 bits per heavy atom. The van der Waals surface area contributed by atoms with Crippen molar-refractivity contribution in [2.45, 2.75) is 97.6 Å². The Morgan fingerprint density at radius 1 is 0.971 bits per heavy atom. The Bertz CT molecular complexity index is 858. The van der Waals surface area contributed by atoms with Gasteiger partial charge in [0.25, 0.3) is 0 Å². The standard InChI is InChI=1S/C27H38FNO5/c1-5-6-7-8-9-10-11-12-13-14-16-23-17-15-18-24(26(23)28)27(34-22(4)32)25(29-20(2)30)19-33-21(3)31/h15,17-18,25,27H,5-13,19H2,1-4H3,(H,29,30). The van der Waals surface area contributed by atoms with Crippen molar-refractivity contribution >= 4 is 17.8 Å². The summed E-state index contributed by atoms with van der Waals surface area (Å²) >= 11 is 0. The molecule has 0 heterocycles. The molecule has 0 aliphatic carbocycles. The van der Waals surface area contributed by atoms with Crippen LogP contribution in [0.25, 0.3) is 0 Å². The van der Waals surface area contributed by atoms with Crippen LogP contribution in [0.15, 0.2) is 18.2 Å². The first kappa shape index (κ1) is 29.2. The van der Waals surface area contributed by atoms with Gasteiger partial charge in [-0.2, -0.15) is 0 Å². The molecule has 1 amide bonds. The highest BCUT2D eigenvalue weighted by molar-refractivity contribution is 5.73. The molecule has 0 aliphatic rings. The molecule has 188 valence electrons. The van der Waals surface area contributed by atoms with Crippen LogP contribution in [-0.4, -0.2) is 30.5 Å². The molecule has 6 nitrogen and oxygen atoms in total. The summed E-state index contributed by atoms with van der Waals surface area (Å²) in [7, 11) is 0. The number of amides is 1. The van der Waals surface area contributed by atoms with Crippen molar-refractivity contribution in [1.29, 1.82) is 0 Å². The van der Waals surface area contributed by atoms with E-state index < -0.39 is 35.8 Å². The average molecular weight is 476 g/mol. The molecule has 2 unspecified atom stereocenters. The van der Waals surface area contributed by atoms with Crippen LogP contribution >= 0.6 is 0 Å². The van der Waals surface area contributed by atoms with Crippen LogP contribution in [0.5, 0.6) is 0 Å². The number of nitrogens with one attached hydrogen (secondary N) is 1. The zero-order chi connectivity index (χ0) is 25.3. The molecule has 0 bridgehead atoms. The summed E-state index contributed by atoms with van der Waals surface area (Å²) in [6.07, 6.45) is 9.09. The summed E-state index contributed by atoms with van der Waals surface area (Å²) in [5, 5.41) is 2.58. The van der Waals surface area contributed by atoms with Crippen LogP contribution in [0.3, 0.4) is 0 Å². The second-order valence-electron chi connectivity index (χ2n) is 8.38. The van der Waals surface area contributed by atoms with Gasteiger partial charge < -0.3 is 14.8 Å². The lowest BCUT2D eigenvalue weighted by Crippen LogP contribution is -2.43. The number of carbonyl (C=O) groups is 3. The molecular weight excluding hydrogens is 437 g/mol. The van der Waals surface area contributed by atoms with Gasteiger partial charge in [0.1, 0.15) is 18.5 Å². The van der Waals surface area contributed by atoms with Gasteiger partial charge in [-0.25, -0.2) is 4.39 Å². The minimum Gasteiger partial charge on any atom is -0.464 e. The molecular formula is C27H38FNO5. The van der Waals surface area contributed by atoms with Crippen molar-refractivity contribution in [2.24, 2.45) is 0 Å². The molecule has 0 fully saturated rings. The quantitative estimate of drug-likeness (QED) is 0.222. The number of ether oxygens (including phenoxy) is 2. The van der Waals surface area contributed by atoms with Gasteiger partial charge in [0, 0.05) is 32.8 Å². The molecule has 2 atom stereocenters. The highest BCUT2D eigenvalue weighted by Gasteiger charge is 2.31. The van der Waals surface area contributed by atoms with E-state index in [1.165, 1.54) is 65.4 Å². The highest BCUT2D eigenvalue weighted by atomic mass is 19.1. The van der Waals surface area contributed by atoms with Gasteiger partial charge in [-0.3, -0.25) is 14.4 Å². The summed E-state index contributed by atoms with van der Waals surface area (Å²) < 4.78 is 25.7. The predicted octanol–water partition coefficient (Wildman–Crippen LogP) is 5.38. The summed E-state index contributed by atoms with van der Waals surface area (Å²) in [5.74, 6) is 3.60. The van der Waals surface area contributed by atoms with Gasteiger partial charge in [-0.1, -0.05) is 75.8 Å². The summed E-state index contributed by atoms with van der Waals surface area (Å²) in [6.45, 7) is 5.61.